The Morgan fingerprint density at radius 3 is 2.90 bits per heavy atom. The number of anilines is 1. The maximum Gasteiger partial charge on any atom is 0.315 e. The first-order valence-corrected chi connectivity index (χ1v) is 7.47. The lowest BCUT2D eigenvalue weighted by Crippen LogP contribution is -2.33. The van der Waals surface area contributed by atoms with Gasteiger partial charge in [-0.05, 0) is 31.1 Å². The summed E-state index contributed by atoms with van der Waals surface area (Å²) in [6.07, 6.45) is 3.70. The summed E-state index contributed by atoms with van der Waals surface area (Å²) in [5.74, 6) is 2.08. The maximum absolute atomic E-state index is 5.61. The molecule has 6 heteroatoms. The van der Waals surface area contributed by atoms with Gasteiger partial charge in [0, 0.05) is 19.7 Å². The Bertz CT molecular complexity index is 396. The van der Waals surface area contributed by atoms with E-state index in [0.717, 1.165) is 12.5 Å². The van der Waals surface area contributed by atoms with Gasteiger partial charge in [-0.3, -0.25) is 0 Å². The highest BCUT2D eigenvalue weighted by atomic mass is 16.5. The van der Waals surface area contributed by atoms with Crippen LogP contribution in [0, 0.1) is 11.8 Å². The summed E-state index contributed by atoms with van der Waals surface area (Å²) in [5.41, 5.74) is 0. The molecule has 0 saturated heterocycles. The molecule has 1 fully saturated rings. The molecule has 3 atom stereocenters. The van der Waals surface area contributed by atoms with E-state index in [1.807, 2.05) is 0 Å². The van der Waals surface area contributed by atoms with Crippen molar-refractivity contribution < 1.29 is 9.15 Å². The van der Waals surface area contributed by atoms with Crippen LogP contribution >= 0.6 is 0 Å². The van der Waals surface area contributed by atoms with Gasteiger partial charge in [-0.25, -0.2) is 0 Å². The van der Waals surface area contributed by atoms with Gasteiger partial charge in [-0.1, -0.05) is 18.9 Å². The van der Waals surface area contributed by atoms with Crippen molar-refractivity contribution in [3.8, 4) is 0 Å². The van der Waals surface area contributed by atoms with E-state index in [0.29, 0.717) is 37.0 Å². The van der Waals surface area contributed by atoms with E-state index in [4.69, 9.17) is 9.15 Å². The first kappa shape index (κ1) is 15.3. The molecule has 0 spiro atoms. The molecule has 6 nitrogen and oxygen atoms in total. The summed E-state index contributed by atoms with van der Waals surface area (Å²) >= 11 is 0. The molecule has 0 aliphatic heterocycles. The molecule has 1 saturated carbocycles. The highest BCUT2D eigenvalue weighted by molar-refractivity contribution is 5.20. The fraction of sp³-hybridized carbons (Fsp3) is 0.857. The van der Waals surface area contributed by atoms with Crippen molar-refractivity contribution in [2.75, 3.05) is 25.6 Å². The number of nitrogens with zero attached hydrogens (tertiary/aromatic N) is 2. The number of ether oxygens (including phenoxy) is 1. The van der Waals surface area contributed by atoms with Gasteiger partial charge in [0.25, 0.3) is 0 Å². The van der Waals surface area contributed by atoms with Gasteiger partial charge in [0.15, 0.2) is 0 Å². The second-order valence-electron chi connectivity index (χ2n) is 5.82. The van der Waals surface area contributed by atoms with Crippen LogP contribution in [0.5, 0.6) is 0 Å². The molecule has 20 heavy (non-hydrogen) atoms. The lowest BCUT2D eigenvalue weighted by Gasteiger charge is -2.32. The number of rotatable bonds is 7. The fourth-order valence-electron chi connectivity index (χ4n) is 2.79. The topological polar surface area (TPSA) is 72.2 Å². The van der Waals surface area contributed by atoms with Gasteiger partial charge in [0.05, 0.1) is 13.2 Å². The first-order chi connectivity index (χ1) is 9.69. The van der Waals surface area contributed by atoms with Crippen LogP contribution in [-0.2, 0) is 11.3 Å². The largest absolute Gasteiger partial charge is 0.407 e. The van der Waals surface area contributed by atoms with Crippen molar-refractivity contribution in [2.45, 2.75) is 45.7 Å². The first-order valence-electron chi connectivity index (χ1n) is 7.47. The van der Waals surface area contributed by atoms with Crippen molar-refractivity contribution in [3.05, 3.63) is 5.89 Å². The predicted molar refractivity (Wildman–Crippen MR) is 77.5 cm³/mol. The molecule has 2 rings (SSSR count). The molecular weight excluding hydrogens is 256 g/mol. The summed E-state index contributed by atoms with van der Waals surface area (Å²) in [6.45, 7) is 6.64. The van der Waals surface area contributed by atoms with E-state index < -0.39 is 0 Å². The van der Waals surface area contributed by atoms with Crippen molar-refractivity contribution >= 4 is 6.01 Å². The van der Waals surface area contributed by atoms with Crippen molar-refractivity contribution in [1.29, 1.82) is 0 Å². The molecule has 0 amide bonds. The van der Waals surface area contributed by atoms with Crippen molar-refractivity contribution in [2.24, 2.45) is 11.8 Å². The lowest BCUT2D eigenvalue weighted by atomic mass is 9.80. The zero-order valence-corrected chi connectivity index (χ0v) is 12.7. The number of nitrogens with one attached hydrogen (secondary N) is 2. The molecule has 0 radical (unpaired) electrons. The summed E-state index contributed by atoms with van der Waals surface area (Å²) in [5, 5.41) is 14.7. The SMILES string of the molecule is COCCNCc1nnc(NC2CCC(C)CC2C)o1. The Balaban J connectivity index is 1.77. The predicted octanol–water partition coefficient (Wildman–Crippen LogP) is 2.04. The average molecular weight is 282 g/mol. The molecule has 1 aliphatic rings. The van der Waals surface area contributed by atoms with Crippen LogP contribution in [0.1, 0.15) is 39.0 Å². The fourth-order valence-corrected chi connectivity index (χ4v) is 2.79. The Hall–Kier alpha value is -1.14. The molecule has 1 aromatic rings. The molecule has 0 bridgehead atoms. The van der Waals surface area contributed by atoms with Gasteiger partial charge in [-0.2, -0.15) is 0 Å². The normalized spacial score (nSPS) is 26.6. The summed E-state index contributed by atoms with van der Waals surface area (Å²) in [7, 11) is 1.68. The second kappa shape index (κ2) is 7.59. The minimum atomic E-state index is 0.445. The van der Waals surface area contributed by atoms with E-state index in [1.165, 1.54) is 19.3 Å². The number of hydrogen-bond donors (Lipinski definition) is 2. The summed E-state index contributed by atoms with van der Waals surface area (Å²) < 4.78 is 10.6. The van der Waals surface area contributed by atoms with Gasteiger partial charge >= 0.3 is 6.01 Å². The highest BCUT2D eigenvalue weighted by Gasteiger charge is 2.26. The lowest BCUT2D eigenvalue weighted by molar-refractivity contribution is 0.198. The van der Waals surface area contributed by atoms with E-state index in [-0.39, 0.29) is 0 Å². The van der Waals surface area contributed by atoms with E-state index in [9.17, 15) is 0 Å². The monoisotopic (exact) mass is 282 g/mol. The third-order valence-corrected chi connectivity index (χ3v) is 3.97. The van der Waals surface area contributed by atoms with Gasteiger partial charge in [0.2, 0.25) is 5.89 Å². The van der Waals surface area contributed by atoms with E-state index >= 15 is 0 Å². The molecule has 0 aromatic carbocycles. The molecular formula is C14H26N4O2. The third kappa shape index (κ3) is 4.45. The van der Waals surface area contributed by atoms with Crippen LogP contribution in [0.4, 0.5) is 6.01 Å². The van der Waals surface area contributed by atoms with Crippen LogP contribution in [-0.4, -0.2) is 36.5 Å². The van der Waals surface area contributed by atoms with Crippen LogP contribution in [0.25, 0.3) is 0 Å². The van der Waals surface area contributed by atoms with Crippen molar-refractivity contribution in [1.82, 2.24) is 15.5 Å². The summed E-state index contributed by atoms with van der Waals surface area (Å²) in [6, 6.07) is 0.987. The number of methoxy groups -OCH3 is 1. The van der Waals surface area contributed by atoms with Crippen LogP contribution < -0.4 is 10.6 Å². The quantitative estimate of drug-likeness (QED) is 0.746. The van der Waals surface area contributed by atoms with E-state index in [2.05, 4.69) is 34.7 Å². The Labute approximate surface area is 120 Å². The molecule has 2 N–H and O–H groups in total. The molecule has 3 unspecified atom stereocenters. The smallest absolute Gasteiger partial charge is 0.315 e. The Morgan fingerprint density at radius 2 is 2.15 bits per heavy atom. The minimum Gasteiger partial charge on any atom is -0.407 e. The van der Waals surface area contributed by atoms with Gasteiger partial charge in [0.1, 0.15) is 0 Å². The van der Waals surface area contributed by atoms with E-state index in [1.54, 1.807) is 7.11 Å². The zero-order chi connectivity index (χ0) is 14.4. The zero-order valence-electron chi connectivity index (χ0n) is 12.7. The summed E-state index contributed by atoms with van der Waals surface area (Å²) in [4.78, 5) is 0. The van der Waals surface area contributed by atoms with Crippen LogP contribution in [0.3, 0.4) is 0 Å². The average Bonchev–Trinajstić information content (AvgIpc) is 2.86. The molecule has 1 aliphatic carbocycles. The van der Waals surface area contributed by atoms with Gasteiger partial charge in [-0.15, -0.1) is 5.10 Å². The Morgan fingerprint density at radius 1 is 1.30 bits per heavy atom. The number of hydrogen-bond acceptors (Lipinski definition) is 6. The second-order valence-corrected chi connectivity index (χ2v) is 5.82. The molecule has 114 valence electrons. The third-order valence-electron chi connectivity index (χ3n) is 3.97. The molecule has 1 heterocycles. The standard InChI is InChI=1S/C14H26N4O2/c1-10-4-5-12(11(2)8-10)16-14-18-17-13(20-14)9-15-6-7-19-3/h10-12,15H,4-9H2,1-3H3,(H,16,18). The van der Waals surface area contributed by atoms with Crippen LogP contribution in [0.2, 0.25) is 0 Å². The minimum absolute atomic E-state index is 0.445. The van der Waals surface area contributed by atoms with Crippen LogP contribution in [0.15, 0.2) is 4.42 Å². The Kier molecular flexibility index (Phi) is 5.79. The highest BCUT2D eigenvalue weighted by Crippen LogP contribution is 2.30. The van der Waals surface area contributed by atoms with Crippen molar-refractivity contribution in [3.63, 3.8) is 0 Å². The van der Waals surface area contributed by atoms with Gasteiger partial charge < -0.3 is 19.8 Å². The number of aromatic nitrogens is 2. The maximum atomic E-state index is 5.61. The molecule has 1 aromatic heterocycles.